The molecular formula is C13H13NO2S. The molecule has 1 aliphatic rings. The number of H-pyrrole nitrogens is 1. The van der Waals surface area contributed by atoms with E-state index in [1.54, 1.807) is 11.8 Å². The molecule has 0 saturated carbocycles. The van der Waals surface area contributed by atoms with E-state index < -0.39 is 0 Å². The maximum atomic E-state index is 11.8. The topological polar surface area (TPSA) is 42.1 Å². The summed E-state index contributed by atoms with van der Waals surface area (Å²) in [5.41, 5.74) is 2.35. The van der Waals surface area contributed by atoms with Crippen LogP contribution in [0.3, 0.4) is 0 Å². The van der Waals surface area contributed by atoms with Gasteiger partial charge in [-0.15, -0.1) is 11.8 Å². The number of aromatic amines is 1. The summed E-state index contributed by atoms with van der Waals surface area (Å²) < 4.78 is 4.88. The minimum absolute atomic E-state index is 0.145. The third kappa shape index (κ3) is 1.47. The van der Waals surface area contributed by atoms with Gasteiger partial charge in [-0.05, 0) is 17.7 Å². The number of carbonyl (C=O) groups is 1. The van der Waals surface area contributed by atoms with E-state index in [9.17, 15) is 4.79 Å². The summed E-state index contributed by atoms with van der Waals surface area (Å²) in [4.78, 5) is 16.2. The monoisotopic (exact) mass is 247 g/mol. The second-order valence-corrected chi connectivity index (χ2v) is 5.46. The van der Waals surface area contributed by atoms with Gasteiger partial charge in [0, 0.05) is 27.9 Å². The highest BCUT2D eigenvalue weighted by Gasteiger charge is 2.34. The fourth-order valence-corrected chi connectivity index (χ4v) is 3.72. The summed E-state index contributed by atoms with van der Waals surface area (Å²) in [5, 5.41) is 1.11. The van der Waals surface area contributed by atoms with Crippen LogP contribution < -0.4 is 0 Å². The highest BCUT2D eigenvalue weighted by Crippen LogP contribution is 2.45. The molecule has 1 aliphatic heterocycles. The molecule has 88 valence electrons. The van der Waals surface area contributed by atoms with Crippen LogP contribution in [0, 0.1) is 0 Å². The van der Waals surface area contributed by atoms with Crippen molar-refractivity contribution in [1.82, 2.24) is 4.98 Å². The van der Waals surface area contributed by atoms with E-state index in [1.807, 2.05) is 12.3 Å². The van der Waals surface area contributed by atoms with Crippen molar-refractivity contribution in [2.24, 2.45) is 0 Å². The Labute approximate surface area is 104 Å². The van der Waals surface area contributed by atoms with E-state index in [0.717, 1.165) is 10.4 Å². The normalized spacial score (nSPS) is 22.7. The maximum absolute atomic E-state index is 11.8. The lowest BCUT2D eigenvalue weighted by Crippen LogP contribution is -2.26. The number of thioether (sulfide) groups is 1. The van der Waals surface area contributed by atoms with Crippen molar-refractivity contribution in [2.75, 3.05) is 7.11 Å². The van der Waals surface area contributed by atoms with Crippen LogP contribution in [0.15, 0.2) is 29.3 Å². The van der Waals surface area contributed by atoms with Gasteiger partial charge in [-0.3, -0.25) is 4.79 Å². The zero-order valence-corrected chi connectivity index (χ0v) is 10.5. The first-order valence-corrected chi connectivity index (χ1v) is 6.45. The van der Waals surface area contributed by atoms with Crippen LogP contribution in [0.5, 0.6) is 0 Å². The summed E-state index contributed by atoms with van der Waals surface area (Å²) in [6.45, 7) is 2.08. The summed E-state index contributed by atoms with van der Waals surface area (Å²) in [6.07, 6.45) is 2.01. The minimum atomic E-state index is -0.147. The molecule has 2 heterocycles. The zero-order chi connectivity index (χ0) is 12.0. The summed E-state index contributed by atoms with van der Waals surface area (Å²) in [5.74, 6) is 0.0300. The average Bonchev–Trinajstić information content (AvgIpc) is 2.78. The van der Waals surface area contributed by atoms with Crippen molar-refractivity contribution in [3.63, 3.8) is 0 Å². The van der Waals surface area contributed by atoms with Gasteiger partial charge in [0.2, 0.25) is 0 Å². The molecule has 1 N–H and O–H groups in total. The number of benzene rings is 1. The van der Waals surface area contributed by atoms with Crippen LogP contribution in [-0.2, 0) is 9.53 Å². The molecule has 0 spiro atoms. The molecule has 2 aromatic rings. The van der Waals surface area contributed by atoms with Crippen molar-refractivity contribution in [1.29, 1.82) is 0 Å². The van der Waals surface area contributed by atoms with Gasteiger partial charge >= 0.3 is 5.97 Å². The number of aromatic nitrogens is 1. The van der Waals surface area contributed by atoms with Gasteiger partial charge in [0.05, 0.1) is 7.11 Å². The van der Waals surface area contributed by atoms with Gasteiger partial charge in [-0.25, -0.2) is 0 Å². The standard InChI is InChI=1S/C13H13NO2S/c1-7-8-6-14-9-4-3-5-10(11(8)9)17-12(7)13(15)16-2/h3-7,12,14H,1-2H3/t7-,12+/m1/s1. The molecule has 0 unspecified atom stereocenters. The number of rotatable bonds is 1. The van der Waals surface area contributed by atoms with E-state index in [4.69, 9.17) is 4.74 Å². The average molecular weight is 247 g/mol. The molecule has 0 saturated heterocycles. The van der Waals surface area contributed by atoms with E-state index in [2.05, 4.69) is 24.0 Å². The lowest BCUT2D eigenvalue weighted by Gasteiger charge is -2.26. The van der Waals surface area contributed by atoms with Gasteiger partial charge in [0.25, 0.3) is 0 Å². The number of methoxy groups -OCH3 is 1. The molecule has 1 aromatic heterocycles. The molecule has 2 atom stereocenters. The molecule has 0 radical (unpaired) electrons. The number of hydrogen-bond donors (Lipinski definition) is 1. The van der Waals surface area contributed by atoms with Crippen LogP contribution in [0.2, 0.25) is 0 Å². The predicted molar refractivity (Wildman–Crippen MR) is 68.4 cm³/mol. The summed E-state index contributed by atoms with van der Waals surface area (Å²) in [7, 11) is 1.45. The van der Waals surface area contributed by atoms with E-state index in [-0.39, 0.29) is 17.1 Å². The third-order valence-corrected chi connectivity index (χ3v) is 4.78. The fourth-order valence-electron chi connectivity index (χ4n) is 2.40. The Hall–Kier alpha value is -1.42. The number of ether oxygens (including phenoxy) is 1. The first-order chi connectivity index (χ1) is 8.22. The Balaban J connectivity index is 2.16. The van der Waals surface area contributed by atoms with Crippen LogP contribution in [-0.4, -0.2) is 23.3 Å². The number of hydrogen-bond acceptors (Lipinski definition) is 3. The summed E-state index contributed by atoms with van der Waals surface area (Å²) >= 11 is 1.60. The first-order valence-electron chi connectivity index (χ1n) is 5.57. The van der Waals surface area contributed by atoms with Crippen LogP contribution >= 0.6 is 11.8 Å². The highest BCUT2D eigenvalue weighted by molar-refractivity contribution is 8.01. The second-order valence-electron chi connectivity index (χ2n) is 4.27. The maximum Gasteiger partial charge on any atom is 0.319 e. The number of nitrogens with one attached hydrogen (secondary N) is 1. The molecule has 0 bridgehead atoms. The Morgan fingerprint density at radius 1 is 1.47 bits per heavy atom. The molecule has 17 heavy (non-hydrogen) atoms. The molecule has 3 rings (SSSR count). The Morgan fingerprint density at radius 3 is 3.06 bits per heavy atom. The number of carbonyl (C=O) groups excluding carboxylic acids is 1. The quantitative estimate of drug-likeness (QED) is 0.788. The Kier molecular flexibility index (Phi) is 2.40. The van der Waals surface area contributed by atoms with Crippen LogP contribution in [0.4, 0.5) is 0 Å². The third-order valence-electron chi connectivity index (χ3n) is 3.33. The van der Waals surface area contributed by atoms with Crippen molar-refractivity contribution in [2.45, 2.75) is 23.0 Å². The van der Waals surface area contributed by atoms with Crippen LogP contribution in [0.25, 0.3) is 10.9 Å². The molecule has 0 aliphatic carbocycles. The largest absolute Gasteiger partial charge is 0.468 e. The van der Waals surface area contributed by atoms with Crippen molar-refractivity contribution >= 4 is 28.6 Å². The Morgan fingerprint density at radius 2 is 2.29 bits per heavy atom. The van der Waals surface area contributed by atoms with E-state index >= 15 is 0 Å². The molecule has 0 amide bonds. The van der Waals surface area contributed by atoms with Gasteiger partial charge < -0.3 is 9.72 Å². The molecular weight excluding hydrogens is 234 g/mol. The summed E-state index contributed by atoms with van der Waals surface area (Å²) in [6, 6.07) is 6.13. The van der Waals surface area contributed by atoms with E-state index in [1.165, 1.54) is 18.1 Å². The van der Waals surface area contributed by atoms with Gasteiger partial charge in [0.1, 0.15) is 5.25 Å². The van der Waals surface area contributed by atoms with Crippen molar-refractivity contribution in [3.8, 4) is 0 Å². The molecule has 3 nitrogen and oxygen atoms in total. The zero-order valence-electron chi connectivity index (χ0n) is 9.69. The fraction of sp³-hybridized carbons (Fsp3) is 0.308. The first kappa shape index (κ1) is 10.7. The highest BCUT2D eigenvalue weighted by atomic mass is 32.2. The molecule has 4 heteroatoms. The SMILES string of the molecule is COC(=O)[C@H]1Sc2cccc3[nH]cc(c23)[C@H]1C. The van der Waals surface area contributed by atoms with Crippen LogP contribution in [0.1, 0.15) is 18.4 Å². The Bertz CT molecular complexity index is 590. The molecule has 1 aromatic carbocycles. The lowest BCUT2D eigenvalue weighted by molar-refractivity contribution is -0.140. The number of esters is 1. The lowest BCUT2D eigenvalue weighted by atomic mass is 9.96. The second kappa shape index (κ2) is 3.81. The van der Waals surface area contributed by atoms with Gasteiger partial charge in [-0.2, -0.15) is 0 Å². The van der Waals surface area contributed by atoms with Crippen molar-refractivity contribution < 1.29 is 9.53 Å². The van der Waals surface area contributed by atoms with Crippen molar-refractivity contribution in [3.05, 3.63) is 30.0 Å². The van der Waals surface area contributed by atoms with Gasteiger partial charge in [-0.1, -0.05) is 13.0 Å². The molecule has 0 fully saturated rings. The minimum Gasteiger partial charge on any atom is -0.468 e. The smallest absolute Gasteiger partial charge is 0.319 e. The van der Waals surface area contributed by atoms with E-state index in [0.29, 0.717) is 0 Å². The predicted octanol–water partition coefficient (Wildman–Crippen LogP) is 2.92. The van der Waals surface area contributed by atoms with Gasteiger partial charge in [0.15, 0.2) is 0 Å².